The summed E-state index contributed by atoms with van der Waals surface area (Å²) < 4.78 is 20.6. The van der Waals surface area contributed by atoms with Gasteiger partial charge in [0.2, 0.25) is 5.91 Å². The number of hydrogen-bond acceptors (Lipinski definition) is 7. The van der Waals surface area contributed by atoms with Crippen LogP contribution in [0.2, 0.25) is 0 Å². The third-order valence-electron chi connectivity index (χ3n) is 6.98. The zero-order chi connectivity index (χ0) is 25.2. The molecule has 3 heterocycles. The Balaban J connectivity index is 1.21. The van der Waals surface area contributed by atoms with Crippen molar-refractivity contribution in [1.29, 1.82) is 0 Å². The van der Waals surface area contributed by atoms with Crippen LogP contribution in [0, 0.1) is 12.8 Å². The Morgan fingerprint density at radius 3 is 2.89 bits per heavy atom. The van der Waals surface area contributed by atoms with Crippen molar-refractivity contribution >= 4 is 11.7 Å². The van der Waals surface area contributed by atoms with Crippen LogP contribution in [0.15, 0.2) is 49.1 Å². The first-order valence-corrected chi connectivity index (χ1v) is 12.1. The van der Waals surface area contributed by atoms with Crippen molar-refractivity contribution < 1.29 is 24.1 Å². The normalized spacial score (nSPS) is 24.3. The van der Waals surface area contributed by atoms with Crippen LogP contribution in [0.25, 0.3) is 11.1 Å². The first-order valence-electron chi connectivity index (χ1n) is 12.1. The van der Waals surface area contributed by atoms with Crippen molar-refractivity contribution in [3.05, 3.63) is 60.3 Å². The molecule has 2 aliphatic rings. The number of anilines is 1. The first kappa shape index (κ1) is 24.2. The van der Waals surface area contributed by atoms with Crippen LogP contribution in [0.1, 0.15) is 30.0 Å². The number of aromatic nitrogens is 3. The number of alkyl halides is 1. The van der Waals surface area contributed by atoms with Crippen molar-refractivity contribution in [2.75, 3.05) is 25.0 Å². The summed E-state index contributed by atoms with van der Waals surface area (Å²) in [6, 6.07) is 9.48. The van der Waals surface area contributed by atoms with Gasteiger partial charge in [-0.15, -0.1) is 0 Å². The molecule has 1 amide bonds. The lowest BCUT2D eigenvalue weighted by Gasteiger charge is -2.34. The van der Waals surface area contributed by atoms with Crippen LogP contribution in [0.3, 0.4) is 0 Å². The van der Waals surface area contributed by atoms with E-state index in [1.54, 1.807) is 18.7 Å². The Bertz CT molecular complexity index is 1210. The molecular formula is C26H30FN5O4. The third-order valence-corrected chi connectivity index (χ3v) is 6.98. The lowest BCUT2D eigenvalue weighted by Crippen LogP contribution is -2.50. The Hall–Kier alpha value is -3.50. The van der Waals surface area contributed by atoms with E-state index in [9.17, 15) is 14.3 Å². The van der Waals surface area contributed by atoms with Gasteiger partial charge in [-0.2, -0.15) is 0 Å². The molecule has 36 heavy (non-hydrogen) atoms. The molecule has 10 heteroatoms. The number of likely N-dealkylation sites (tertiary alicyclic amines) is 1. The number of benzene rings is 1. The molecule has 0 radical (unpaired) electrons. The molecule has 3 aromatic rings. The van der Waals surface area contributed by atoms with Crippen LogP contribution in [-0.4, -0.2) is 74.2 Å². The highest BCUT2D eigenvalue weighted by Gasteiger charge is 2.44. The summed E-state index contributed by atoms with van der Waals surface area (Å²) in [6.07, 6.45) is 3.68. The Labute approximate surface area is 208 Å². The highest BCUT2D eigenvalue weighted by Crippen LogP contribution is 2.48. The monoisotopic (exact) mass is 495 g/mol. The lowest BCUT2D eigenvalue weighted by molar-refractivity contribution is -0.138. The number of ether oxygens (including phenoxy) is 1. The molecule has 3 unspecified atom stereocenters. The number of H-pyrrole nitrogens is 1. The molecular weight excluding hydrogens is 465 g/mol. The van der Waals surface area contributed by atoms with E-state index in [1.165, 1.54) is 4.90 Å². The minimum atomic E-state index is -1.33. The number of piperidine rings is 1. The van der Waals surface area contributed by atoms with Gasteiger partial charge in [0.1, 0.15) is 30.5 Å². The summed E-state index contributed by atoms with van der Waals surface area (Å²) in [5, 5.41) is 22.7. The molecule has 0 spiro atoms. The Morgan fingerprint density at radius 2 is 2.17 bits per heavy atom. The predicted molar refractivity (Wildman–Crippen MR) is 131 cm³/mol. The average Bonchev–Trinajstić information content (AvgIpc) is 3.50. The number of rotatable bonds is 8. The quantitative estimate of drug-likeness (QED) is 0.354. The highest BCUT2D eigenvalue weighted by atomic mass is 19.1. The minimum absolute atomic E-state index is 0.0800. The van der Waals surface area contributed by atoms with Gasteiger partial charge in [0.05, 0.1) is 12.9 Å². The third kappa shape index (κ3) is 5.19. The van der Waals surface area contributed by atoms with Gasteiger partial charge in [0.25, 0.3) is 0 Å². The zero-order valence-electron chi connectivity index (χ0n) is 20.0. The highest BCUT2D eigenvalue weighted by molar-refractivity contribution is 5.77. The van der Waals surface area contributed by atoms with E-state index in [2.05, 4.69) is 20.3 Å². The molecule has 5 atom stereocenters. The molecule has 1 saturated heterocycles. The maximum atomic E-state index is 14.6. The molecule has 5 rings (SSSR count). The fourth-order valence-corrected chi connectivity index (χ4v) is 4.81. The topological polar surface area (TPSA) is 124 Å². The van der Waals surface area contributed by atoms with Gasteiger partial charge in [0.15, 0.2) is 6.17 Å². The molecule has 1 aliphatic carbocycles. The molecule has 190 valence electrons. The number of aliphatic hydroxyl groups is 2. The summed E-state index contributed by atoms with van der Waals surface area (Å²) in [4.78, 5) is 24.5. The number of amides is 1. The number of carbonyl (C=O) groups is 1. The van der Waals surface area contributed by atoms with Gasteiger partial charge in [-0.3, -0.25) is 4.79 Å². The number of aliphatic hydroxyl groups excluding tert-OH is 2. The van der Waals surface area contributed by atoms with Gasteiger partial charge >= 0.3 is 0 Å². The number of aromatic amines is 1. The van der Waals surface area contributed by atoms with Crippen molar-refractivity contribution in [2.45, 2.75) is 44.2 Å². The van der Waals surface area contributed by atoms with Crippen LogP contribution in [0.4, 0.5) is 10.2 Å². The molecule has 1 aromatic carbocycles. The maximum Gasteiger partial charge on any atom is 0.248 e. The van der Waals surface area contributed by atoms with Crippen molar-refractivity contribution in [3.8, 4) is 16.9 Å². The van der Waals surface area contributed by atoms with Gasteiger partial charge in [0, 0.05) is 42.9 Å². The maximum absolute atomic E-state index is 14.6. The first-order chi connectivity index (χ1) is 17.4. The largest absolute Gasteiger partial charge is 0.487 e. The summed E-state index contributed by atoms with van der Waals surface area (Å²) in [5.41, 5.74) is 3.76. The second kappa shape index (κ2) is 10.2. The van der Waals surface area contributed by atoms with E-state index in [4.69, 9.17) is 9.84 Å². The molecule has 9 nitrogen and oxygen atoms in total. The van der Waals surface area contributed by atoms with Crippen LogP contribution >= 0.6 is 0 Å². The van der Waals surface area contributed by atoms with Crippen LogP contribution in [-0.2, 0) is 4.79 Å². The number of nitrogens with one attached hydrogen (secondary N) is 2. The van der Waals surface area contributed by atoms with E-state index in [0.717, 1.165) is 28.8 Å². The number of nitrogens with zero attached hydrogens (tertiary/aromatic N) is 3. The Morgan fingerprint density at radius 1 is 1.33 bits per heavy atom. The summed E-state index contributed by atoms with van der Waals surface area (Å²) in [5.74, 6) is 1.07. The summed E-state index contributed by atoms with van der Waals surface area (Å²) in [7, 11) is 0. The molecule has 1 saturated carbocycles. The second-order valence-electron chi connectivity index (χ2n) is 9.47. The van der Waals surface area contributed by atoms with Gasteiger partial charge in [-0.25, -0.2) is 14.4 Å². The van der Waals surface area contributed by atoms with Crippen molar-refractivity contribution in [1.82, 2.24) is 19.9 Å². The van der Waals surface area contributed by atoms with Crippen LogP contribution in [0.5, 0.6) is 5.75 Å². The van der Waals surface area contributed by atoms with E-state index in [0.29, 0.717) is 24.5 Å². The van der Waals surface area contributed by atoms with E-state index in [1.807, 2.05) is 37.3 Å². The van der Waals surface area contributed by atoms with Gasteiger partial charge in [-0.05, 0) is 54.3 Å². The molecule has 4 N–H and O–H groups in total. The van der Waals surface area contributed by atoms with E-state index in [-0.39, 0.29) is 18.4 Å². The number of pyridine rings is 1. The second-order valence-corrected chi connectivity index (χ2v) is 9.47. The fourth-order valence-electron chi connectivity index (χ4n) is 4.81. The van der Waals surface area contributed by atoms with Gasteiger partial charge in [-0.1, -0.05) is 6.07 Å². The number of imidazole rings is 1. The van der Waals surface area contributed by atoms with E-state index < -0.39 is 31.0 Å². The molecule has 0 bridgehead atoms. The SMILES string of the molecule is Cc1cc(-c2ccnc(NC(O)C3CC3c3cnc[nH]3)c2)ccc1O[C@H]1CCN(C(=O)CO)C[C@H]1F. The van der Waals surface area contributed by atoms with Crippen LogP contribution < -0.4 is 10.1 Å². The minimum Gasteiger partial charge on any atom is -0.487 e. The van der Waals surface area contributed by atoms with Crippen molar-refractivity contribution in [3.63, 3.8) is 0 Å². The summed E-state index contributed by atoms with van der Waals surface area (Å²) in [6.45, 7) is 1.56. The number of carbonyl (C=O) groups excluding carboxylic acids is 1. The molecule has 1 aliphatic heterocycles. The standard InChI is InChI=1S/C26H30FN5O4/c1-15-8-16(2-3-22(15)36-23-5-7-32(12-20(23)27)25(34)13-33)17-4-6-29-24(9-17)31-26(35)19-10-18(19)21-11-28-14-30-21/h2-4,6,8-9,11,14,18-20,23,26,33,35H,5,7,10,12-13H2,1H3,(H,28,30)(H,29,31)/t18?,19?,20-,23+,26?/m1/s1. The molecule has 2 fully saturated rings. The van der Waals surface area contributed by atoms with Gasteiger partial charge < -0.3 is 30.2 Å². The smallest absolute Gasteiger partial charge is 0.248 e. The number of aryl methyl sites for hydroxylation is 1. The predicted octanol–water partition coefficient (Wildman–Crippen LogP) is 2.62. The van der Waals surface area contributed by atoms with Crippen molar-refractivity contribution in [2.24, 2.45) is 5.92 Å². The average molecular weight is 496 g/mol. The summed E-state index contributed by atoms with van der Waals surface area (Å²) >= 11 is 0. The zero-order valence-corrected chi connectivity index (χ0v) is 20.0. The Kier molecular flexibility index (Phi) is 6.88. The molecule has 2 aromatic heterocycles. The lowest BCUT2D eigenvalue weighted by atomic mass is 10.0. The van der Waals surface area contributed by atoms with E-state index >= 15 is 0 Å². The number of hydrogen-bond donors (Lipinski definition) is 4. The fraction of sp³-hybridized carbons (Fsp3) is 0.423. The number of halogens is 1.